The van der Waals surface area contributed by atoms with Crippen molar-refractivity contribution < 1.29 is 8.42 Å². The van der Waals surface area contributed by atoms with Gasteiger partial charge in [-0.3, -0.25) is 0 Å². The molecule has 7 heteroatoms. The number of rotatable bonds is 5. The predicted octanol–water partition coefficient (Wildman–Crippen LogP) is 1.61. The van der Waals surface area contributed by atoms with Crippen molar-refractivity contribution in [3.05, 3.63) is 22.8 Å². The highest BCUT2D eigenvalue weighted by Crippen LogP contribution is 2.28. The van der Waals surface area contributed by atoms with Crippen LogP contribution >= 0.6 is 11.6 Å². The molecule has 1 aromatic heterocycles. The van der Waals surface area contributed by atoms with Gasteiger partial charge in [-0.2, -0.15) is 0 Å². The lowest BCUT2D eigenvalue weighted by Gasteiger charge is -2.25. The summed E-state index contributed by atoms with van der Waals surface area (Å²) in [5, 5.41) is 4.00. The molecule has 5 nitrogen and oxygen atoms in total. The summed E-state index contributed by atoms with van der Waals surface area (Å²) >= 11 is 6.32. The highest BCUT2D eigenvalue weighted by atomic mass is 35.5. The second-order valence-electron chi connectivity index (χ2n) is 5.97. The zero-order valence-corrected chi connectivity index (χ0v) is 13.6. The Morgan fingerprint density at radius 2 is 2.19 bits per heavy atom. The van der Waals surface area contributed by atoms with Gasteiger partial charge in [-0.25, -0.2) is 13.4 Å². The van der Waals surface area contributed by atoms with E-state index < -0.39 is 9.84 Å². The second-order valence-corrected chi connectivity index (χ2v) is 8.61. The lowest BCUT2D eigenvalue weighted by Crippen LogP contribution is -2.33. The molecule has 2 heterocycles. The first-order chi connectivity index (χ1) is 9.94. The van der Waals surface area contributed by atoms with Crippen LogP contribution in [-0.2, 0) is 16.4 Å². The van der Waals surface area contributed by atoms with Crippen LogP contribution in [0.3, 0.4) is 0 Å². The molecule has 116 valence electrons. The summed E-state index contributed by atoms with van der Waals surface area (Å²) < 4.78 is 23.2. The van der Waals surface area contributed by atoms with Crippen molar-refractivity contribution in [1.29, 1.82) is 0 Å². The monoisotopic (exact) mass is 329 g/mol. The number of aromatic nitrogens is 1. The molecule has 0 bridgehead atoms. The zero-order valence-electron chi connectivity index (χ0n) is 12.0. The number of sulfone groups is 1. The first kappa shape index (κ1) is 15.1. The van der Waals surface area contributed by atoms with Crippen LogP contribution in [0.4, 0.5) is 5.82 Å². The highest BCUT2D eigenvalue weighted by molar-refractivity contribution is 7.91. The van der Waals surface area contributed by atoms with Gasteiger partial charge >= 0.3 is 0 Å². The molecule has 0 spiro atoms. The van der Waals surface area contributed by atoms with E-state index in [1.54, 1.807) is 0 Å². The maximum atomic E-state index is 11.6. The van der Waals surface area contributed by atoms with Gasteiger partial charge < -0.3 is 10.2 Å². The summed E-state index contributed by atoms with van der Waals surface area (Å²) in [6.07, 6.45) is 4.95. The van der Waals surface area contributed by atoms with Crippen molar-refractivity contribution in [2.75, 3.05) is 23.5 Å². The lowest BCUT2D eigenvalue weighted by atomic mass is 10.2. The van der Waals surface area contributed by atoms with Crippen LogP contribution in [0.1, 0.15) is 24.8 Å². The molecule has 1 saturated heterocycles. The van der Waals surface area contributed by atoms with Crippen LogP contribution < -0.4 is 10.2 Å². The van der Waals surface area contributed by atoms with Gasteiger partial charge in [-0.15, -0.1) is 0 Å². The van der Waals surface area contributed by atoms with Gasteiger partial charge in [-0.1, -0.05) is 11.6 Å². The van der Waals surface area contributed by atoms with Crippen molar-refractivity contribution >= 4 is 27.3 Å². The quantitative estimate of drug-likeness (QED) is 0.889. The Morgan fingerprint density at radius 1 is 1.43 bits per heavy atom. The van der Waals surface area contributed by atoms with Gasteiger partial charge in [0.2, 0.25) is 0 Å². The van der Waals surface area contributed by atoms with Crippen molar-refractivity contribution in [1.82, 2.24) is 10.3 Å². The SMILES string of the molecule is CN(c1ncc(CNC2CC2)cc1Cl)C1CCS(=O)(=O)C1. The lowest BCUT2D eigenvalue weighted by molar-refractivity contribution is 0.600. The molecule has 1 saturated carbocycles. The molecular weight excluding hydrogens is 310 g/mol. The van der Waals surface area contributed by atoms with E-state index in [0.717, 1.165) is 12.1 Å². The minimum absolute atomic E-state index is 0.0320. The van der Waals surface area contributed by atoms with Crippen LogP contribution in [0.15, 0.2) is 12.3 Å². The minimum Gasteiger partial charge on any atom is -0.354 e. The molecule has 2 fully saturated rings. The number of hydrogen-bond acceptors (Lipinski definition) is 5. The molecule has 21 heavy (non-hydrogen) atoms. The average molecular weight is 330 g/mol. The molecule has 1 aliphatic carbocycles. The van der Waals surface area contributed by atoms with E-state index in [-0.39, 0.29) is 17.5 Å². The molecule has 2 aliphatic rings. The van der Waals surface area contributed by atoms with E-state index >= 15 is 0 Å². The van der Waals surface area contributed by atoms with Crippen molar-refractivity contribution in [2.24, 2.45) is 0 Å². The van der Waals surface area contributed by atoms with Gasteiger partial charge in [0.05, 0.1) is 16.5 Å². The predicted molar refractivity (Wildman–Crippen MR) is 84.6 cm³/mol. The van der Waals surface area contributed by atoms with E-state index in [9.17, 15) is 8.42 Å². The molecule has 1 unspecified atom stereocenters. The van der Waals surface area contributed by atoms with Crippen molar-refractivity contribution in [3.63, 3.8) is 0 Å². The molecule has 0 amide bonds. The smallest absolute Gasteiger partial charge is 0.152 e. The molecule has 0 radical (unpaired) electrons. The molecule has 1 aromatic rings. The van der Waals surface area contributed by atoms with Gasteiger partial charge in [0.25, 0.3) is 0 Å². The normalized spacial score (nSPS) is 24.2. The van der Waals surface area contributed by atoms with Crippen LogP contribution in [0.25, 0.3) is 0 Å². The number of anilines is 1. The Labute approximate surface area is 130 Å². The Kier molecular flexibility index (Phi) is 4.12. The first-order valence-electron chi connectivity index (χ1n) is 7.26. The van der Waals surface area contributed by atoms with Gasteiger partial charge in [0.15, 0.2) is 9.84 Å². The molecule has 1 atom stereocenters. The fourth-order valence-corrected chi connectivity index (χ4v) is 4.73. The van der Waals surface area contributed by atoms with Crippen LogP contribution in [0, 0.1) is 0 Å². The van der Waals surface area contributed by atoms with E-state index in [4.69, 9.17) is 11.6 Å². The Bertz CT molecular complexity index is 631. The maximum absolute atomic E-state index is 11.6. The fourth-order valence-electron chi connectivity index (χ4n) is 2.63. The molecule has 0 aromatic carbocycles. The summed E-state index contributed by atoms with van der Waals surface area (Å²) in [6.45, 7) is 0.777. The molecule has 3 rings (SSSR count). The topological polar surface area (TPSA) is 62.3 Å². The molecule has 1 N–H and O–H groups in total. The summed E-state index contributed by atoms with van der Waals surface area (Å²) in [4.78, 5) is 6.32. The number of halogens is 1. The number of nitrogens with zero attached hydrogens (tertiary/aromatic N) is 2. The number of pyridine rings is 1. The van der Waals surface area contributed by atoms with E-state index in [0.29, 0.717) is 23.3 Å². The Morgan fingerprint density at radius 3 is 2.76 bits per heavy atom. The number of hydrogen-bond donors (Lipinski definition) is 1. The van der Waals surface area contributed by atoms with E-state index in [1.807, 2.05) is 24.2 Å². The highest BCUT2D eigenvalue weighted by Gasteiger charge is 2.32. The van der Waals surface area contributed by atoms with Crippen molar-refractivity contribution in [3.8, 4) is 0 Å². The summed E-state index contributed by atoms with van der Waals surface area (Å²) in [5.74, 6) is 1.10. The third-order valence-corrected chi connectivity index (χ3v) is 6.17. The summed E-state index contributed by atoms with van der Waals surface area (Å²) in [5.41, 5.74) is 1.06. The third kappa shape index (κ3) is 3.67. The molecular formula is C14H20ClN3O2S. The maximum Gasteiger partial charge on any atom is 0.152 e. The van der Waals surface area contributed by atoms with Crippen LogP contribution in [0.2, 0.25) is 5.02 Å². The van der Waals surface area contributed by atoms with E-state index in [1.165, 1.54) is 12.8 Å². The zero-order chi connectivity index (χ0) is 15.0. The summed E-state index contributed by atoms with van der Waals surface area (Å²) in [7, 11) is -1.04. The van der Waals surface area contributed by atoms with Crippen LogP contribution in [-0.4, -0.2) is 44.0 Å². The Balaban J connectivity index is 1.69. The second kappa shape index (κ2) is 5.74. The van der Waals surface area contributed by atoms with Crippen LogP contribution in [0.5, 0.6) is 0 Å². The summed E-state index contributed by atoms with van der Waals surface area (Å²) in [6, 6.07) is 2.53. The standard InChI is InChI=1S/C14H20ClN3O2S/c1-18(12-4-5-21(19,20)9-12)14-13(15)6-10(8-17-14)7-16-11-2-3-11/h6,8,11-12,16H,2-5,7,9H2,1H3. The Hall–Kier alpha value is -0.850. The van der Waals surface area contributed by atoms with Gasteiger partial charge in [0, 0.05) is 31.9 Å². The molecule has 1 aliphatic heterocycles. The number of nitrogens with one attached hydrogen (secondary N) is 1. The van der Waals surface area contributed by atoms with Gasteiger partial charge in [0.1, 0.15) is 5.82 Å². The largest absolute Gasteiger partial charge is 0.354 e. The minimum atomic E-state index is -2.90. The first-order valence-corrected chi connectivity index (χ1v) is 9.45. The van der Waals surface area contributed by atoms with Crippen molar-refractivity contribution in [2.45, 2.75) is 37.9 Å². The third-order valence-electron chi connectivity index (χ3n) is 4.14. The fraction of sp³-hybridized carbons (Fsp3) is 0.643. The average Bonchev–Trinajstić information content (AvgIpc) is 3.18. The van der Waals surface area contributed by atoms with E-state index in [2.05, 4.69) is 10.3 Å². The van der Waals surface area contributed by atoms with Gasteiger partial charge in [-0.05, 0) is 30.9 Å².